The molecule has 2 rings (SSSR count). The summed E-state index contributed by atoms with van der Waals surface area (Å²) in [5, 5.41) is 14.0. The van der Waals surface area contributed by atoms with E-state index in [1.165, 1.54) is 5.56 Å². The van der Waals surface area contributed by atoms with Crippen molar-refractivity contribution < 1.29 is 5.11 Å². The van der Waals surface area contributed by atoms with Gasteiger partial charge in [0.25, 0.3) is 0 Å². The fourth-order valence-electron chi connectivity index (χ4n) is 1.69. The monoisotopic (exact) mass is 231 g/mol. The van der Waals surface area contributed by atoms with Gasteiger partial charge in [-0.15, -0.1) is 0 Å². The van der Waals surface area contributed by atoms with Crippen molar-refractivity contribution in [2.24, 2.45) is 5.73 Å². The topological polar surface area (TPSA) is 64.1 Å². The molecule has 17 heavy (non-hydrogen) atoms. The van der Waals surface area contributed by atoms with Gasteiger partial charge in [0.15, 0.2) is 0 Å². The number of hydrogen-bond acceptors (Lipinski definition) is 3. The number of nitrogens with zero attached hydrogens (tertiary/aromatic N) is 2. The fourth-order valence-corrected chi connectivity index (χ4v) is 1.69. The van der Waals surface area contributed by atoms with Crippen LogP contribution in [0.4, 0.5) is 0 Å². The summed E-state index contributed by atoms with van der Waals surface area (Å²) >= 11 is 0. The largest absolute Gasteiger partial charge is 0.387 e. The van der Waals surface area contributed by atoms with Gasteiger partial charge in [-0.25, -0.2) is 0 Å². The van der Waals surface area contributed by atoms with Gasteiger partial charge < -0.3 is 10.8 Å². The van der Waals surface area contributed by atoms with Gasteiger partial charge in [0.2, 0.25) is 0 Å². The zero-order valence-corrected chi connectivity index (χ0v) is 9.82. The number of aromatic nitrogens is 2. The van der Waals surface area contributed by atoms with E-state index in [2.05, 4.69) is 5.10 Å². The summed E-state index contributed by atoms with van der Waals surface area (Å²) in [7, 11) is 0. The summed E-state index contributed by atoms with van der Waals surface area (Å²) in [4.78, 5) is 0. The molecule has 1 aromatic carbocycles. The Morgan fingerprint density at radius 2 is 2.06 bits per heavy atom. The van der Waals surface area contributed by atoms with E-state index in [-0.39, 0.29) is 6.04 Å². The van der Waals surface area contributed by atoms with Gasteiger partial charge in [-0.05, 0) is 12.5 Å². The normalized spacial score (nSPS) is 14.5. The van der Waals surface area contributed by atoms with Crippen LogP contribution < -0.4 is 5.73 Å². The van der Waals surface area contributed by atoms with Gasteiger partial charge in [0.05, 0.1) is 18.8 Å². The van der Waals surface area contributed by atoms with E-state index >= 15 is 0 Å². The van der Waals surface area contributed by atoms with Crippen LogP contribution in [0.5, 0.6) is 0 Å². The standard InChI is InChI=1S/C13H17N3O/c1-10(14)13(17)12-7-15-16(9-12)8-11-5-3-2-4-6-11/h2-7,9-10,13,17H,8,14H2,1H3/t10-,13-/m1/s1. The van der Waals surface area contributed by atoms with Gasteiger partial charge >= 0.3 is 0 Å². The van der Waals surface area contributed by atoms with E-state index in [0.29, 0.717) is 6.54 Å². The molecule has 0 aliphatic rings. The Bertz CT molecular complexity index is 465. The molecule has 0 fully saturated rings. The van der Waals surface area contributed by atoms with Crippen LogP contribution in [0.1, 0.15) is 24.2 Å². The SMILES string of the molecule is C[C@@H](N)[C@@H](O)c1cnn(Cc2ccccc2)c1. The lowest BCUT2D eigenvalue weighted by Crippen LogP contribution is -2.24. The van der Waals surface area contributed by atoms with Gasteiger partial charge in [-0.3, -0.25) is 4.68 Å². The number of aliphatic hydroxyl groups excluding tert-OH is 1. The average molecular weight is 231 g/mol. The molecular weight excluding hydrogens is 214 g/mol. The maximum absolute atomic E-state index is 9.80. The summed E-state index contributed by atoms with van der Waals surface area (Å²) in [6, 6.07) is 9.78. The highest BCUT2D eigenvalue weighted by atomic mass is 16.3. The van der Waals surface area contributed by atoms with Crippen LogP contribution >= 0.6 is 0 Å². The molecule has 4 heteroatoms. The molecule has 3 N–H and O–H groups in total. The van der Waals surface area contributed by atoms with Gasteiger partial charge in [-0.1, -0.05) is 30.3 Å². The van der Waals surface area contributed by atoms with Crippen molar-refractivity contribution in [1.82, 2.24) is 9.78 Å². The minimum absolute atomic E-state index is 0.288. The fraction of sp³-hybridized carbons (Fsp3) is 0.308. The smallest absolute Gasteiger partial charge is 0.0968 e. The lowest BCUT2D eigenvalue weighted by atomic mass is 10.1. The van der Waals surface area contributed by atoms with Gasteiger partial charge in [-0.2, -0.15) is 5.10 Å². The maximum Gasteiger partial charge on any atom is 0.0968 e. The minimum Gasteiger partial charge on any atom is -0.387 e. The van der Waals surface area contributed by atoms with Gasteiger partial charge in [0.1, 0.15) is 0 Å². The third kappa shape index (κ3) is 2.93. The Labute approximate surface area is 101 Å². The van der Waals surface area contributed by atoms with E-state index in [0.717, 1.165) is 5.56 Å². The molecule has 0 unspecified atom stereocenters. The molecule has 0 amide bonds. The molecule has 0 aliphatic heterocycles. The van der Waals surface area contributed by atoms with Crippen LogP contribution in [0, 0.1) is 0 Å². The highest BCUT2D eigenvalue weighted by Crippen LogP contribution is 2.14. The molecule has 0 aliphatic carbocycles. The number of benzene rings is 1. The number of aliphatic hydroxyl groups is 1. The maximum atomic E-state index is 9.80. The zero-order chi connectivity index (χ0) is 12.3. The second kappa shape index (κ2) is 5.12. The second-order valence-corrected chi connectivity index (χ2v) is 4.26. The second-order valence-electron chi connectivity index (χ2n) is 4.26. The number of nitrogens with two attached hydrogens (primary N) is 1. The van der Waals surface area contributed by atoms with Crippen LogP contribution in [0.2, 0.25) is 0 Å². The highest BCUT2D eigenvalue weighted by molar-refractivity contribution is 5.16. The molecule has 0 saturated heterocycles. The van der Waals surface area contributed by atoms with Crippen molar-refractivity contribution in [1.29, 1.82) is 0 Å². The van der Waals surface area contributed by atoms with Crippen molar-refractivity contribution in [2.75, 3.05) is 0 Å². The van der Waals surface area contributed by atoms with Crippen molar-refractivity contribution in [3.8, 4) is 0 Å². The first kappa shape index (κ1) is 11.8. The molecule has 0 radical (unpaired) electrons. The molecule has 90 valence electrons. The first-order valence-corrected chi connectivity index (χ1v) is 5.67. The molecule has 4 nitrogen and oxygen atoms in total. The Kier molecular flexibility index (Phi) is 3.56. The third-order valence-electron chi connectivity index (χ3n) is 2.68. The van der Waals surface area contributed by atoms with Crippen LogP contribution in [0.15, 0.2) is 42.7 Å². The highest BCUT2D eigenvalue weighted by Gasteiger charge is 2.14. The number of hydrogen-bond donors (Lipinski definition) is 2. The Hall–Kier alpha value is -1.65. The summed E-state index contributed by atoms with van der Waals surface area (Å²) < 4.78 is 1.80. The Morgan fingerprint density at radius 3 is 2.71 bits per heavy atom. The molecule has 0 spiro atoms. The van der Waals surface area contributed by atoms with Crippen LogP contribution in [-0.2, 0) is 6.54 Å². The molecule has 2 atom stereocenters. The molecule has 1 heterocycles. The van der Waals surface area contributed by atoms with Crippen LogP contribution in [-0.4, -0.2) is 20.9 Å². The van der Waals surface area contributed by atoms with Crippen LogP contribution in [0.25, 0.3) is 0 Å². The lowest BCUT2D eigenvalue weighted by molar-refractivity contribution is 0.153. The summed E-state index contributed by atoms with van der Waals surface area (Å²) in [6.45, 7) is 2.48. The predicted molar refractivity (Wildman–Crippen MR) is 66.4 cm³/mol. The summed E-state index contributed by atoms with van der Waals surface area (Å²) in [5.41, 5.74) is 7.58. The van der Waals surface area contributed by atoms with Gasteiger partial charge in [0, 0.05) is 17.8 Å². The van der Waals surface area contributed by atoms with Crippen molar-refractivity contribution >= 4 is 0 Å². The number of rotatable bonds is 4. The van der Waals surface area contributed by atoms with E-state index < -0.39 is 6.10 Å². The molecule has 0 saturated carbocycles. The van der Waals surface area contributed by atoms with E-state index in [4.69, 9.17) is 5.73 Å². The molecule has 1 aromatic heterocycles. The van der Waals surface area contributed by atoms with E-state index in [9.17, 15) is 5.11 Å². The Balaban J connectivity index is 2.09. The summed E-state index contributed by atoms with van der Waals surface area (Å²) in [5.74, 6) is 0. The first-order chi connectivity index (χ1) is 8.16. The van der Waals surface area contributed by atoms with Crippen LogP contribution in [0.3, 0.4) is 0 Å². The molecular formula is C13H17N3O. The minimum atomic E-state index is -0.653. The zero-order valence-electron chi connectivity index (χ0n) is 9.82. The Morgan fingerprint density at radius 1 is 1.35 bits per heavy atom. The van der Waals surface area contributed by atoms with E-state index in [1.807, 2.05) is 36.5 Å². The third-order valence-corrected chi connectivity index (χ3v) is 2.68. The molecule has 2 aromatic rings. The quantitative estimate of drug-likeness (QED) is 0.834. The average Bonchev–Trinajstić information content (AvgIpc) is 2.77. The van der Waals surface area contributed by atoms with Crippen molar-refractivity contribution in [3.05, 3.63) is 53.9 Å². The predicted octanol–water partition coefficient (Wildman–Crippen LogP) is 1.31. The molecule has 0 bridgehead atoms. The van der Waals surface area contributed by atoms with E-state index in [1.54, 1.807) is 17.8 Å². The van der Waals surface area contributed by atoms with Crippen molar-refractivity contribution in [3.63, 3.8) is 0 Å². The summed E-state index contributed by atoms with van der Waals surface area (Å²) in [6.07, 6.45) is 2.84. The lowest BCUT2D eigenvalue weighted by Gasteiger charge is -2.11. The first-order valence-electron chi connectivity index (χ1n) is 5.67. The van der Waals surface area contributed by atoms with Crippen molar-refractivity contribution in [2.45, 2.75) is 25.6 Å².